The van der Waals surface area contributed by atoms with E-state index in [0.29, 0.717) is 0 Å². The molecule has 13 aromatic rings. The van der Waals surface area contributed by atoms with E-state index in [1.807, 2.05) is 12.1 Å². The first-order valence-corrected chi connectivity index (χ1v) is 24.1. The van der Waals surface area contributed by atoms with Gasteiger partial charge >= 0.3 is 0 Å². The predicted molar refractivity (Wildman–Crippen MR) is 288 cm³/mol. The molecule has 0 aliphatic heterocycles. The lowest BCUT2D eigenvalue weighted by atomic mass is 9.65. The third-order valence-corrected chi connectivity index (χ3v) is 15.1. The fourth-order valence-corrected chi connectivity index (χ4v) is 12.2. The van der Waals surface area contributed by atoms with Gasteiger partial charge in [-0.1, -0.05) is 206 Å². The molecule has 0 amide bonds. The lowest BCUT2D eigenvalue weighted by Crippen LogP contribution is -2.29. The third kappa shape index (κ3) is 5.40. The number of furan rings is 2. The van der Waals surface area contributed by atoms with Gasteiger partial charge < -0.3 is 13.7 Å². The molecule has 1 spiro atoms. The zero-order chi connectivity index (χ0) is 45.9. The summed E-state index contributed by atoms with van der Waals surface area (Å²) < 4.78 is 13.5. The molecule has 1 unspecified atom stereocenters. The van der Waals surface area contributed by atoms with Crippen molar-refractivity contribution in [3.63, 3.8) is 0 Å². The first kappa shape index (κ1) is 38.9. The molecule has 3 nitrogen and oxygen atoms in total. The molecular weight excluding hydrogens is 851 g/mol. The fraction of sp³-hybridized carbons (Fsp3) is 0.0149. The van der Waals surface area contributed by atoms with Gasteiger partial charge in [0.15, 0.2) is 0 Å². The van der Waals surface area contributed by atoms with Crippen LogP contribution in [0.1, 0.15) is 22.3 Å². The molecule has 0 radical (unpaired) electrons. The van der Waals surface area contributed by atoms with E-state index < -0.39 is 5.41 Å². The number of anilines is 3. The van der Waals surface area contributed by atoms with Crippen LogP contribution in [0.25, 0.3) is 99.5 Å². The molecule has 2 aliphatic carbocycles. The molecule has 2 aromatic heterocycles. The summed E-state index contributed by atoms with van der Waals surface area (Å²) in [6.45, 7) is 0. The number of hydrogen-bond acceptors (Lipinski definition) is 3. The lowest BCUT2D eigenvalue weighted by Gasteiger charge is -2.36. The van der Waals surface area contributed by atoms with E-state index in [4.69, 9.17) is 8.83 Å². The van der Waals surface area contributed by atoms with Gasteiger partial charge in [-0.15, -0.1) is 0 Å². The summed E-state index contributed by atoms with van der Waals surface area (Å²) in [5.41, 5.74) is 22.7. The number of benzene rings is 11. The highest BCUT2D eigenvalue weighted by Crippen LogP contribution is 2.63. The molecule has 0 bridgehead atoms. The van der Waals surface area contributed by atoms with Crippen molar-refractivity contribution >= 4 is 60.9 Å². The van der Waals surface area contributed by atoms with Crippen LogP contribution in [-0.2, 0) is 5.41 Å². The molecule has 326 valence electrons. The van der Waals surface area contributed by atoms with Gasteiger partial charge in [0.05, 0.1) is 11.1 Å². The summed E-state index contributed by atoms with van der Waals surface area (Å²) in [7, 11) is 0. The number of fused-ring (bicyclic) bond motifs is 19. The molecule has 0 N–H and O–H groups in total. The van der Waals surface area contributed by atoms with Gasteiger partial charge in [-0.25, -0.2) is 0 Å². The van der Waals surface area contributed by atoms with Crippen molar-refractivity contribution in [1.82, 2.24) is 0 Å². The molecule has 1 atom stereocenters. The maximum atomic E-state index is 6.95. The Hall–Kier alpha value is -9.18. The van der Waals surface area contributed by atoms with Gasteiger partial charge in [0.2, 0.25) is 0 Å². The van der Waals surface area contributed by atoms with Crippen LogP contribution in [0.15, 0.2) is 258 Å². The van der Waals surface area contributed by atoms with Gasteiger partial charge in [-0.2, -0.15) is 0 Å². The summed E-state index contributed by atoms with van der Waals surface area (Å²) >= 11 is 0. The van der Waals surface area contributed by atoms with Crippen LogP contribution in [0.3, 0.4) is 0 Å². The largest absolute Gasteiger partial charge is 0.455 e. The second-order valence-corrected chi connectivity index (χ2v) is 18.6. The molecule has 0 fully saturated rings. The van der Waals surface area contributed by atoms with E-state index in [0.717, 1.165) is 88.8 Å². The van der Waals surface area contributed by atoms with Crippen molar-refractivity contribution in [1.29, 1.82) is 0 Å². The summed E-state index contributed by atoms with van der Waals surface area (Å²) in [4.78, 5) is 2.45. The number of rotatable bonds is 5. The van der Waals surface area contributed by atoms with Crippen LogP contribution >= 0.6 is 0 Å². The SMILES string of the molecule is c1ccc(-c2ccccc2N(c2ccc(-c3cccc4c3oc3ccccc34)cc2)c2ccc3c(c2)C2(c4ccccc4-c4ccccc4-3)c3ccccc3-c3c2ccc2c3oc3ccccc32)cc1. The van der Waals surface area contributed by atoms with E-state index in [1.165, 1.54) is 50.1 Å². The summed E-state index contributed by atoms with van der Waals surface area (Å²) in [6.07, 6.45) is 0. The van der Waals surface area contributed by atoms with Crippen LogP contribution in [-0.4, -0.2) is 0 Å². The Bertz CT molecular complexity index is 4250. The predicted octanol–water partition coefficient (Wildman–Crippen LogP) is 18.3. The van der Waals surface area contributed by atoms with E-state index in [1.54, 1.807) is 0 Å². The van der Waals surface area contributed by atoms with Crippen molar-refractivity contribution < 1.29 is 8.83 Å². The maximum absolute atomic E-state index is 6.95. The summed E-state index contributed by atoms with van der Waals surface area (Å²) in [5.74, 6) is 0. The summed E-state index contributed by atoms with van der Waals surface area (Å²) in [5, 5.41) is 4.50. The highest BCUT2D eigenvalue weighted by atomic mass is 16.3. The van der Waals surface area contributed by atoms with E-state index >= 15 is 0 Å². The Morgan fingerprint density at radius 3 is 1.54 bits per heavy atom. The number of hydrogen-bond donors (Lipinski definition) is 0. The quantitative estimate of drug-likeness (QED) is 0.172. The van der Waals surface area contributed by atoms with E-state index in [-0.39, 0.29) is 0 Å². The molecule has 2 heterocycles. The standard InChI is InChI=1S/C67H41NO2/c1-2-17-42(18-3-1)46-19-8-13-30-61(46)68(44-35-33-43(34-36-44)47-26-16-27-54-52-23-9-14-31-62(52)69-65(47)54)45-37-38-51-49-21-5-4-20-48(49)50-22-6-11-28-57(50)67(60(51)41-45)58-29-12-7-25-56(58)64-59(67)40-39-55-53-24-10-15-32-63(53)70-66(55)64/h1-41H. The minimum absolute atomic E-state index is 0.722. The highest BCUT2D eigenvalue weighted by molar-refractivity contribution is 6.13. The van der Waals surface area contributed by atoms with Gasteiger partial charge in [-0.05, 0) is 104 Å². The monoisotopic (exact) mass is 891 g/mol. The van der Waals surface area contributed by atoms with E-state index in [2.05, 4.69) is 241 Å². The highest BCUT2D eigenvalue weighted by Gasteiger charge is 2.51. The zero-order valence-electron chi connectivity index (χ0n) is 37.9. The van der Waals surface area contributed by atoms with Crippen LogP contribution in [0.4, 0.5) is 17.1 Å². The van der Waals surface area contributed by atoms with Gasteiger partial charge in [0, 0.05) is 49.6 Å². The van der Waals surface area contributed by atoms with Crippen LogP contribution in [0.5, 0.6) is 0 Å². The van der Waals surface area contributed by atoms with Gasteiger partial charge in [-0.3, -0.25) is 0 Å². The second-order valence-electron chi connectivity index (χ2n) is 18.6. The molecule has 3 heteroatoms. The normalized spacial score (nSPS) is 14.3. The molecular formula is C67H41NO2. The Balaban J connectivity index is 1.02. The third-order valence-electron chi connectivity index (χ3n) is 15.1. The van der Waals surface area contributed by atoms with Crippen molar-refractivity contribution in [2.75, 3.05) is 4.90 Å². The Morgan fingerprint density at radius 2 is 0.800 bits per heavy atom. The Labute approximate surface area is 404 Å². The number of nitrogens with zero attached hydrogens (tertiary/aromatic N) is 1. The average molecular weight is 892 g/mol. The van der Waals surface area contributed by atoms with Crippen LogP contribution < -0.4 is 4.90 Å². The molecule has 2 aliphatic rings. The first-order valence-electron chi connectivity index (χ1n) is 24.1. The van der Waals surface area contributed by atoms with E-state index in [9.17, 15) is 0 Å². The topological polar surface area (TPSA) is 29.5 Å². The Kier molecular flexibility index (Phi) is 8.28. The van der Waals surface area contributed by atoms with Gasteiger partial charge in [0.25, 0.3) is 0 Å². The Morgan fingerprint density at radius 1 is 0.286 bits per heavy atom. The van der Waals surface area contributed by atoms with Crippen molar-refractivity contribution in [3.05, 3.63) is 271 Å². The van der Waals surface area contributed by atoms with Crippen molar-refractivity contribution in [2.24, 2.45) is 0 Å². The number of para-hydroxylation sites is 4. The smallest absolute Gasteiger partial charge is 0.143 e. The minimum atomic E-state index is -0.722. The summed E-state index contributed by atoms with van der Waals surface area (Å²) in [6, 6.07) is 90.8. The molecule has 0 saturated heterocycles. The van der Waals surface area contributed by atoms with Crippen LogP contribution in [0, 0.1) is 0 Å². The molecule has 15 rings (SSSR count). The second kappa shape index (κ2) is 14.9. The van der Waals surface area contributed by atoms with Crippen LogP contribution in [0.2, 0.25) is 0 Å². The zero-order valence-corrected chi connectivity index (χ0v) is 37.9. The average Bonchev–Trinajstić information content (AvgIpc) is 4.09. The van der Waals surface area contributed by atoms with Crippen molar-refractivity contribution in [2.45, 2.75) is 5.41 Å². The fourth-order valence-electron chi connectivity index (χ4n) is 12.2. The lowest BCUT2D eigenvalue weighted by molar-refractivity contribution is 0.669. The van der Waals surface area contributed by atoms with Crippen molar-refractivity contribution in [3.8, 4) is 55.6 Å². The molecule has 11 aromatic carbocycles. The first-order chi connectivity index (χ1) is 34.7. The molecule has 0 saturated carbocycles. The van der Waals surface area contributed by atoms with Gasteiger partial charge in [0.1, 0.15) is 22.3 Å². The maximum Gasteiger partial charge on any atom is 0.143 e. The molecule has 70 heavy (non-hydrogen) atoms. The minimum Gasteiger partial charge on any atom is -0.455 e.